The summed E-state index contributed by atoms with van der Waals surface area (Å²) in [4.78, 5) is 0. The summed E-state index contributed by atoms with van der Waals surface area (Å²) < 4.78 is 77.1. The lowest BCUT2D eigenvalue weighted by molar-refractivity contribution is -0.142. The number of benzene rings is 1. The molecule has 0 bridgehead atoms. The Bertz CT molecular complexity index is 1010. The number of hydrazone groups is 1. The molecule has 2 heterocycles. The fourth-order valence-corrected chi connectivity index (χ4v) is 4.34. The van der Waals surface area contributed by atoms with Gasteiger partial charge >= 0.3 is 12.4 Å². The lowest BCUT2D eigenvalue weighted by Gasteiger charge is -2.23. The number of aromatic nitrogens is 2. The Morgan fingerprint density at radius 2 is 1.83 bits per heavy atom. The Balaban J connectivity index is 1.77. The minimum atomic E-state index is -4.64. The molecule has 3 rings (SSSR count). The number of nitriles is 1. The largest absolute Gasteiger partial charge is 0.435 e. The highest BCUT2D eigenvalue weighted by atomic mass is 32.2. The zero-order chi connectivity index (χ0) is 21.4. The average Bonchev–Trinajstić information content (AvgIpc) is 2.64. The van der Waals surface area contributed by atoms with Crippen molar-refractivity contribution in [3.8, 4) is 6.07 Å². The standard InChI is InChI=1S/C16H9F6N5S2/c1-27-11-5-12(16(20,21)22)24-25-13(11)29-14(26-27)28-7-8-2-3-10(15(17,18)19)4-9(8)6-23/h2-5H,7H2,1H3. The molecular weight excluding hydrogens is 440 g/mol. The van der Waals surface area contributed by atoms with Crippen LogP contribution in [-0.2, 0) is 18.1 Å². The first-order valence-corrected chi connectivity index (χ1v) is 9.47. The summed E-state index contributed by atoms with van der Waals surface area (Å²) in [7, 11) is 1.44. The monoisotopic (exact) mass is 449 g/mol. The summed E-state index contributed by atoms with van der Waals surface area (Å²) >= 11 is 2.11. The quantitative estimate of drug-likeness (QED) is 0.592. The van der Waals surface area contributed by atoms with E-state index < -0.39 is 23.6 Å². The Morgan fingerprint density at radius 1 is 1.10 bits per heavy atom. The summed E-state index contributed by atoms with van der Waals surface area (Å²) in [5.74, 6) is 0.143. The normalized spacial score (nSPS) is 14.3. The molecule has 1 aliphatic heterocycles. The first kappa shape index (κ1) is 21.3. The molecule has 0 unspecified atom stereocenters. The maximum Gasteiger partial charge on any atom is 0.435 e. The van der Waals surface area contributed by atoms with E-state index in [0.29, 0.717) is 9.94 Å². The minimum Gasteiger partial charge on any atom is -0.264 e. The molecule has 0 saturated carbocycles. The molecule has 1 aromatic carbocycles. The van der Waals surface area contributed by atoms with Gasteiger partial charge in [0.15, 0.2) is 15.1 Å². The van der Waals surface area contributed by atoms with Crippen LogP contribution < -0.4 is 5.01 Å². The predicted molar refractivity (Wildman–Crippen MR) is 96.2 cm³/mol. The maximum absolute atomic E-state index is 12.8. The van der Waals surface area contributed by atoms with Crippen LogP contribution in [0.5, 0.6) is 0 Å². The van der Waals surface area contributed by atoms with Gasteiger partial charge in [-0.15, -0.1) is 10.2 Å². The van der Waals surface area contributed by atoms with Crippen molar-refractivity contribution in [3.05, 3.63) is 46.6 Å². The molecule has 2 aromatic rings. The van der Waals surface area contributed by atoms with Gasteiger partial charge in [-0.1, -0.05) is 17.8 Å². The van der Waals surface area contributed by atoms with Crippen LogP contribution in [-0.4, -0.2) is 21.6 Å². The third-order valence-electron chi connectivity index (χ3n) is 3.70. The van der Waals surface area contributed by atoms with Crippen LogP contribution in [0.3, 0.4) is 0 Å². The van der Waals surface area contributed by atoms with Crippen LogP contribution in [0.4, 0.5) is 32.0 Å². The number of rotatable bonds is 2. The van der Waals surface area contributed by atoms with Crippen LogP contribution in [0.1, 0.15) is 22.4 Å². The van der Waals surface area contributed by atoms with Gasteiger partial charge in [0.25, 0.3) is 0 Å². The van der Waals surface area contributed by atoms with E-state index >= 15 is 0 Å². The predicted octanol–water partition coefficient (Wildman–Crippen LogP) is 5.13. The number of halogens is 6. The van der Waals surface area contributed by atoms with E-state index in [4.69, 9.17) is 5.26 Å². The van der Waals surface area contributed by atoms with E-state index in [-0.39, 0.29) is 22.0 Å². The van der Waals surface area contributed by atoms with E-state index in [2.05, 4.69) is 15.3 Å². The van der Waals surface area contributed by atoms with E-state index in [1.54, 1.807) is 6.07 Å². The minimum absolute atomic E-state index is 0.114. The number of hydrogen-bond donors (Lipinski definition) is 0. The molecule has 0 radical (unpaired) electrons. The summed E-state index contributed by atoms with van der Waals surface area (Å²) in [6.45, 7) is 0. The van der Waals surface area contributed by atoms with Crippen LogP contribution in [0.15, 0.2) is 34.4 Å². The van der Waals surface area contributed by atoms with Crippen molar-refractivity contribution in [1.82, 2.24) is 10.2 Å². The van der Waals surface area contributed by atoms with Crippen molar-refractivity contribution in [1.29, 1.82) is 5.26 Å². The smallest absolute Gasteiger partial charge is 0.264 e. The molecule has 0 spiro atoms. The lowest BCUT2D eigenvalue weighted by atomic mass is 10.1. The van der Waals surface area contributed by atoms with E-state index in [0.717, 1.165) is 41.7 Å². The highest BCUT2D eigenvalue weighted by molar-refractivity contribution is 8.38. The Hall–Kier alpha value is -2.46. The summed E-state index contributed by atoms with van der Waals surface area (Å²) in [6, 6.07) is 5.46. The lowest BCUT2D eigenvalue weighted by Crippen LogP contribution is -2.19. The van der Waals surface area contributed by atoms with Gasteiger partial charge in [0, 0.05) is 12.8 Å². The zero-order valence-electron chi connectivity index (χ0n) is 14.3. The van der Waals surface area contributed by atoms with Gasteiger partial charge in [-0.05, 0) is 35.5 Å². The number of thioether (sulfide) groups is 2. The fraction of sp³-hybridized carbons (Fsp3) is 0.250. The van der Waals surface area contributed by atoms with Gasteiger partial charge in [-0.3, -0.25) is 5.01 Å². The molecule has 1 aromatic heterocycles. The third-order valence-corrected chi connectivity index (χ3v) is 5.83. The molecular formula is C16H9F6N5S2. The molecule has 0 aliphatic carbocycles. The van der Waals surface area contributed by atoms with Crippen LogP contribution in [0, 0.1) is 11.3 Å². The highest BCUT2D eigenvalue weighted by Crippen LogP contribution is 2.40. The zero-order valence-corrected chi connectivity index (χ0v) is 16.0. The second kappa shape index (κ2) is 7.75. The van der Waals surface area contributed by atoms with Gasteiger partial charge in [0.05, 0.1) is 22.9 Å². The first-order valence-electron chi connectivity index (χ1n) is 7.67. The van der Waals surface area contributed by atoms with Crippen molar-refractivity contribution in [2.24, 2.45) is 5.10 Å². The van der Waals surface area contributed by atoms with Crippen molar-refractivity contribution in [2.45, 2.75) is 23.1 Å². The SMILES string of the molecule is CN1N=C(SCc2ccc(C(F)(F)F)cc2C#N)Sc2nnc(C(F)(F)F)cc21. The molecule has 152 valence electrons. The van der Waals surface area contributed by atoms with Crippen molar-refractivity contribution >= 4 is 33.6 Å². The highest BCUT2D eigenvalue weighted by Gasteiger charge is 2.35. The molecule has 5 nitrogen and oxygen atoms in total. The number of fused-ring (bicyclic) bond motifs is 1. The van der Waals surface area contributed by atoms with Gasteiger partial charge < -0.3 is 0 Å². The molecule has 0 atom stereocenters. The third kappa shape index (κ3) is 4.76. The van der Waals surface area contributed by atoms with Crippen LogP contribution in [0.25, 0.3) is 0 Å². The number of alkyl halides is 6. The number of nitrogens with zero attached hydrogens (tertiary/aromatic N) is 5. The maximum atomic E-state index is 12.8. The van der Waals surface area contributed by atoms with Crippen molar-refractivity contribution in [3.63, 3.8) is 0 Å². The molecule has 0 amide bonds. The van der Waals surface area contributed by atoms with Gasteiger partial charge in [0.1, 0.15) is 0 Å². The average molecular weight is 449 g/mol. The molecule has 29 heavy (non-hydrogen) atoms. The summed E-state index contributed by atoms with van der Waals surface area (Å²) in [5, 5.41) is 21.5. The Kier molecular flexibility index (Phi) is 5.68. The van der Waals surface area contributed by atoms with E-state index in [9.17, 15) is 26.3 Å². The molecule has 1 aliphatic rings. The van der Waals surface area contributed by atoms with Crippen LogP contribution >= 0.6 is 23.5 Å². The Labute approximate surface area is 168 Å². The fourth-order valence-electron chi connectivity index (χ4n) is 2.27. The van der Waals surface area contributed by atoms with E-state index in [1.165, 1.54) is 18.1 Å². The summed E-state index contributed by atoms with van der Waals surface area (Å²) in [6.07, 6.45) is -9.19. The summed E-state index contributed by atoms with van der Waals surface area (Å²) in [5.41, 5.74) is -1.67. The van der Waals surface area contributed by atoms with Crippen molar-refractivity contribution < 1.29 is 26.3 Å². The molecule has 13 heteroatoms. The molecule has 0 saturated heterocycles. The topological polar surface area (TPSA) is 65.2 Å². The van der Waals surface area contributed by atoms with Gasteiger partial charge in [0.2, 0.25) is 0 Å². The number of anilines is 1. The van der Waals surface area contributed by atoms with Gasteiger partial charge in [-0.2, -0.15) is 36.7 Å². The van der Waals surface area contributed by atoms with Gasteiger partial charge in [-0.25, -0.2) is 0 Å². The second-order valence-corrected chi connectivity index (χ2v) is 7.88. The Morgan fingerprint density at radius 3 is 2.45 bits per heavy atom. The first-order chi connectivity index (χ1) is 13.5. The molecule has 0 fully saturated rings. The van der Waals surface area contributed by atoms with Crippen LogP contribution in [0.2, 0.25) is 0 Å². The number of hydrogen-bond acceptors (Lipinski definition) is 7. The molecule has 0 N–H and O–H groups in total. The van der Waals surface area contributed by atoms with E-state index in [1.807, 2.05) is 0 Å². The van der Waals surface area contributed by atoms with Crippen molar-refractivity contribution in [2.75, 3.05) is 12.1 Å². The second-order valence-electron chi connectivity index (χ2n) is 5.68.